The van der Waals surface area contributed by atoms with Crippen molar-refractivity contribution in [2.45, 2.75) is 30.3 Å². The molecule has 0 aromatic heterocycles. The van der Waals surface area contributed by atoms with Crippen LogP contribution in [0.4, 0.5) is 0 Å². The number of thioether (sulfide) groups is 1. The number of phenols is 1. The number of aliphatic hydroxyl groups excluding tert-OH is 1. The van der Waals surface area contributed by atoms with Gasteiger partial charge in [-0.1, -0.05) is 6.07 Å². The van der Waals surface area contributed by atoms with E-state index in [9.17, 15) is 10.2 Å². The first-order valence-electron chi connectivity index (χ1n) is 4.81. The van der Waals surface area contributed by atoms with Crippen LogP contribution in [0.25, 0.3) is 0 Å². The van der Waals surface area contributed by atoms with Crippen LogP contribution >= 0.6 is 11.8 Å². The monoisotopic (exact) mass is 210 g/mol. The third-order valence-corrected chi connectivity index (χ3v) is 3.75. The van der Waals surface area contributed by atoms with E-state index in [-0.39, 0.29) is 6.10 Å². The van der Waals surface area contributed by atoms with Crippen molar-refractivity contribution >= 4 is 11.8 Å². The van der Waals surface area contributed by atoms with Crippen molar-refractivity contribution in [3.63, 3.8) is 0 Å². The van der Waals surface area contributed by atoms with Gasteiger partial charge in [0.25, 0.3) is 0 Å². The molecule has 2 nitrogen and oxygen atoms in total. The van der Waals surface area contributed by atoms with Crippen molar-refractivity contribution in [1.82, 2.24) is 0 Å². The number of aromatic hydroxyl groups is 1. The fraction of sp³-hybridized carbons (Fsp3) is 0.455. The minimum atomic E-state index is -0.300. The second kappa shape index (κ2) is 3.83. The summed E-state index contributed by atoms with van der Waals surface area (Å²) in [5.74, 6) is 1.65. The van der Waals surface area contributed by atoms with Crippen LogP contribution in [0, 0.1) is 0 Å². The normalized spacial score (nSPS) is 22.0. The maximum absolute atomic E-state index is 9.72. The fourth-order valence-electron chi connectivity index (χ4n) is 1.94. The summed E-state index contributed by atoms with van der Waals surface area (Å²) in [7, 11) is 0. The van der Waals surface area contributed by atoms with Gasteiger partial charge in [0.2, 0.25) is 0 Å². The van der Waals surface area contributed by atoms with Gasteiger partial charge in [0.15, 0.2) is 0 Å². The molecule has 2 atom stereocenters. The van der Waals surface area contributed by atoms with Crippen molar-refractivity contribution in [2.75, 3.05) is 5.75 Å². The number of phenolic OH excluding ortho intramolecular Hbond substituents is 1. The molecule has 1 aromatic rings. The summed E-state index contributed by atoms with van der Waals surface area (Å²) in [6, 6.07) is 5.62. The highest BCUT2D eigenvalue weighted by Gasteiger charge is 2.26. The highest BCUT2D eigenvalue weighted by atomic mass is 32.2. The molecule has 76 valence electrons. The number of hydrogen-bond acceptors (Lipinski definition) is 3. The van der Waals surface area contributed by atoms with Gasteiger partial charge in [-0.15, -0.1) is 11.8 Å². The molecule has 3 heteroatoms. The van der Waals surface area contributed by atoms with Crippen LogP contribution in [0.2, 0.25) is 0 Å². The third kappa shape index (κ3) is 1.74. The highest BCUT2D eigenvalue weighted by Crippen LogP contribution is 2.45. The van der Waals surface area contributed by atoms with Gasteiger partial charge in [-0.2, -0.15) is 0 Å². The van der Waals surface area contributed by atoms with Crippen molar-refractivity contribution in [3.05, 3.63) is 23.8 Å². The minimum absolute atomic E-state index is 0.300. The first-order valence-corrected chi connectivity index (χ1v) is 5.79. The molecular formula is C11H14O2S. The number of benzene rings is 1. The largest absolute Gasteiger partial charge is 0.508 e. The Morgan fingerprint density at radius 3 is 3.07 bits per heavy atom. The molecule has 1 heterocycles. The summed E-state index contributed by atoms with van der Waals surface area (Å²) < 4.78 is 0. The van der Waals surface area contributed by atoms with Crippen LogP contribution in [-0.2, 0) is 0 Å². The van der Waals surface area contributed by atoms with Crippen molar-refractivity contribution in [1.29, 1.82) is 0 Å². The summed E-state index contributed by atoms with van der Waals surface area (Å²) in [6.07, 6.45) is 0.434. The number of hydrogen-bond donors (Lipinski definition) is 2. The van der Waals surface area contributed by atoms with Crippen LogP contribution in [0.5, 0.6) is 5.75 Å². The van der Waals surface area contributed by atoms with Gasteiger partial charge in [-0.05, 0) is 25.5 Å². The number of aliphatic hydroxyl groups is 1. The molecule has 0 bridgehead atoms. The van der Waals surface area contributed by atoms with Crippen molar-refractivity contribution in [3.8, 4) is 5.75 Å². The molecule has 0 radical (unpaired) electrons. The van der Waals surface area contributed by atoms with Gasteiger partial charge in [0, 0.05) is 22.1 Å². The Morgan fingerprint density at radius 1 is 1.57 bits per heavy atom. The van der Waals surface area contributed by atoms with Crippen molar-refractivity contribution in [2.24, 2.45) is 0 Å². The Hall–Kier alpha value is -0.670. The molecule has 14 heavy (non-hydrogen) atoms. The zero-order chi connectivity index (χ0) is 10.1. The molecule has 1 aromatic carbocycles. The molecule has 0 saturated heterocycles. The number of fused-ring (bicyclic) bond motifs is 1. The molecule has 0 aliphatic carbocycles. The maximum atomic E-state index is 9.72. The van der Waals surface area contributed by atoms with E-state index in [0.29, 0.717) is 11.7 Å². The second-order valence-electron chi connectivity index (χ2n) is 3.78. The Bertz CT molecular complexity index is 336. The topological polar surface area (TPSA) is 40.5 Å². The predicted octanol–water partition coefficient (Wildman–Crippen LogP) is 2.35. The Morgan fingerprint density at radius 2 is 2.36 bits per heavy atom. The molecule has 2 rings (SSSR count). The van der Waals surface area contributed by atoms with Crippen LogP contribution in [0.3, 0.4) is 0 Å². The quantitative estimate of drug-likeness (QED) is 0.787. The van der Waals surface area contributed by atoms with E-state index in [1.807, 2.05) is 12.1 Å². The van der Waals surface area contributed by atoms with Gasteiger partial charge in [0.05, 0.1) is 6.10 Å². The van der Waals surface area contributed by atoms with Gasteiger partial charge < -0.3 is 10.2 Å². The predicted molar refractivity (Wildman–Crippen MR) is 57.9 cm³/mol. The van der Waals surface area contributed by atoms with Crippen LogP contribution in [-0.4, -0.2) is 22.1 Å². The lowest BCUT2D eigenvalue weighted by molar-refractivity contribution is 0.177. The second-order valence-corrected chi connectivity index (χ2v) is 4.84. The molecule has 0 fully saturated rings. The SMILES string of the molecule is CC(O)CC1CSc2cccc(O)c21. The molecule has 2 N–H and O–H groups in total. The van der Waals surface area contributed by atoms with E-state index in [1.54, 1.807) is 24.8 Å². The van der Waals surface area contributed by atoms with E-state index >= 15 is 0 Å². The van der Waals surface area contributed by atoms with E-state index in [0.717, 1.165) is 22.6 Å². The Balaban J connectivity index is 2.29. The summed E-state index contributed by atoms with van der Waals surface area (Å²) in [4.78, 5) is 1.16. The standard InChI is InChI=1S/C11H14O2S/c1-7(12)5-8-6-14-10-4-2-3-9(13)11(8)10/h2-4,7-8,12-13H,5-6H2,1H3. The van der Waals surface area contributed by atoms with E-state index in [2.05, 4.69) is 0 Å². The summed E-state index contributed by atoms with van der Waals surface area (Å²) in [5, 5.41) is 19.1. The molecule has 1 aliphatic heterocycles. The summed E-state index contributed by atoms with van der Waals surface area (Å²) >= 11 is 1.76. The average molecular weight is 210 g/mol. The van der Waals surface area contributed by atoms with Crippen molar-refractivity contribution < 1.29 is 10.2 Å². The highest BCUT2D eigenvalue weighted by molar-refractivity contribution is 7.99. The van der Waals surface area contributed by atoms with Gasteiger partial charge in [-0.3, -0.25) is 0 Å². The smallest absolute Gasteiger partial charge is 0.120 e. The molecule has 0 amide bonds. The molecule has 2 unspecified atom stereocenters. The first kappa shape index (κ1) is 9.87. The lowest BCUT2D eigenvalue weighted by Crippen LogP contribution is -2.08. The van der Waals surface area contributed by atoms with Gasteiger partial charge in [0.1, 0.15) is 5.75 Å². The van der Waals surface area contributed by atoms with E-state index in [1.165, 1.54) is 0 Å². The summed E-state index contributed by atoms with van der Waals surface area (Å²) in [5.41, 5.74) is 1.03. The molecule has 0 saturated carbocycles. The van der Waals surface area contributed by atoms with Crippen LogP contribution < -0.4 is 0 Å². The molecule has 0 spiro atoms. The van der Waals surface area contributed by atoms with Gasteiger partial charge >= 0.3 is 0 Å². The Labute approximate surface area is 88.0 Å². The third-order valence-electron chi connectivity index (χ3n) is 2.52. The zero-order valence-electron chi connectivity index (χ0n) is 8.10. The minimum Gasteiger partial charge on any atom is -0.508 e. The molecule has 1 aliphatic rings. The maximum Gasteiger partial charge on any atom is 0.120 e. The van der Waals surface area contributed by atoms with E-state index < -0.39 is 0 Å². The average Bonchev–Trinajstić information content (AvgIpc) is 2.49. The Kier molecular flexibility index (Phi) is 2.70. The lowest BCUT2D eigenvalue weighted by Gasteiger charge is -2.13. The first-order chi connectivity index (χ1) is 6.68. The summed E-state index contributed by atoms with van der Waals surface area (Å²) in [6.45, 7) is 1.79. The zero-order valence-corrected chi connectivity index (χ0v) is 8.92. The lowest BCUT2D eigenvalue weighted by atomic mass is 9.95. The fourth-order valence-corrected chi connectivity index (χ4v) is 3.23. The van der Waals surface area contributed by atoms with Crippen LogP contribution in [0.15, 0.2) is 23.1 Å². The number of rotatable bonds is 2. The van der Waals surface area contributed by atoms with E-state index in [4.69, 9.17) is 0 Å². The van der Waals surface area contributed by atoms with Crippen LogP contribution in [0.1, 0.15) is 24.8 Å². The van der Waals surface area contributed by atoms with Gasteiger partial charge in [-0.25, -0.2) is 0 Å². The molecular weight excluding hydrogens is 196 g/mol.